The predicted octanol–water partition coefficient (Wildman–Crippen LogP) is 2.51. The average Bonchev–Trinajstić information content (AvgIpc) is 2.99. The normalized spacial score (nSPS) is 12.0. The summed E-state index contributed by atoms with van der Waals surface area (Å²) in [6.07, 6.45) is 0.522. The molecule has 1 heterocycles. The van der Waals surface area contributed by atoms with E-state index in [1.54, 1.807) is 18.0 Å². The summed E-state index contributed by atoms with van der Waals surface area (Å²) in [7, 11) is -2.37. The van der Waals surface area contributed by atoms with Crippen molar-refractivity contribution in [1.29, 1.82) is 0 Å². The topological polar surface area (TPSA) is 59.5 Å². The van der Waals surface area contributed by atoms with E-state index >= 15 is 0 Å². The number of halogens is 1. The SMILES string of the molecule is COCCCN(Cc1cscn1)S(=O)(=O)c1ccccc1F. The molecule has 0 saturated carbocycles. The molecule has 0 aliphatic carbocycles. The van der Waals surface area contributed by atoms with E-state index in [2.05, 4.69) is 4.98 Å². The quantitative estimate of drug-likeness (QED) is 0.691. The molecule has 8 heteroatoms. The Hall–Kier alpha value is -1.35. The van der Waals surface area contributed by atoms with Crippen LogP contribution in [0.4, 0.5) is 4.39 Å². The molecule has 0 unspecified atom stereocenters. The van der Waals surface area contributed by atoms with Gasteiger partial charge in [-0.2, -0.15) is 4.31 Å². The largest absolute Gasteiger partial charge is 0.385 e. The van der Waals surface area contributed by atoms with Crippen molar-refractivity contribution in [1.82, 2.24) is 9.29 Å². The predicted molar refractivity (Wildman–Crippen MR) is 82.6 cm³/mol. The van der Waals surface area contributed by atoms with E-state index in [1.165, 1.54) is 33.8 Å². The van der Waals surface area contributed by atoms with Crippen LogP contribution in [0.25, 0.3) is 0 Å². The second-order valence-corrected chi connectivity index (χ2v) is 7.22. The lowest BCUT2D eigenvalue weighted by Crippen LogP contribution is -2.32. The van der Waals surface area contributed by atoms with Gasteiger partial charge in [0.2, 0.25) is 10.0 Å². The number of hydrogen-bond acceptors (Lipinski definition) is 5. The maximum absolute atomic E-state index is 13.9. The zero-order valence-electron chi connectivity index (χ0n) is 12.1. The Morgan fingerprint density at radius 1 is 1.36 bits per heavy atom. The molecule has 0 bridgehead atoms. The highest BCUT2D eigenvalue weighted by atomic mass is 32.2. The summed E-state index contributed by atoms with van der Waals surface area (Å²) in [5.74, 6) is -0.752. The molecular formula is C14H17FN2O3S2. The number of thiazole rings is 1. The van der Waals surface area contributed by atoms with E-state index in [9.17, 15) is 12.8 Å². The first-order valence-corrected chi connectivity index (χ1v) is 9.04. The van der Waals surface area contributed by atoms with Gasteiger partial charge in [-0.05, 0) is 18.6 Å². The summed E-state index contributed by atoms with van der Waals surface area (Å²) >= 11 is 1.39. The zero-order chi connectivity index (χ0) is 16.0. The van der Waals surface area contributed by atoms with Crippen LogP contribution in [0.15, 0.2) is 40.1 Å². The molecule has 0 fully saturated rings. The Kier molecular flexibility index (Phi) is 6.01. The lowest BCUT2D eigenvalue weighted by molar-refractivity contribution is 0.186. The molecule has 0 saturated heterocycles. The highest BCUT2D eigenvalue weighted by Gasteiger charge is 2.27. The first-order valence-electron chi connectivity index (χ1n) is 6.66. The summed E-state index contributed by atoms with van der Waals surface area (Å²) in [6, 6.07) is 5.38. The first kappa shape index (κ1) is 17.0. The van der Waals surface area contributed by atoms with Gasteiger partial charge in [0.15, 0.2) is 0 Å². The Morgan fingerprint density at radius 2 is 2.14 bits per heavy atom. The standard InChI is InChI=1S/C14H17FN2O3S2/c1-20-8-4-7-17(9-12-10-21-11-16-12)22(18,19)14-6-3-2-5-13(14)15/h2-3,5-6,10-11H,4,7-9H2,1H3. The van der Waals surface area contributed by atoms with Gasteiger partial charge in [-0.1, -0.05) is 12.1 Å². The molecule has 1 aromatic heterocycles. The molecular weight excluding hydrogens is 327 g/mol. The molecule has 2 rings (SSSR count). The van der Waals surface area contributed by atoms with E-state index in [0.29, 0.717) is 18.7 Å². The molecule has 0 aliphatic heterocycles. The van der Waals surface area contributed by atoms with Gasteiger partial charge < -0.3 is 4.74 Å². The number of rotatable bonds is 8. The van der Waals surface area contributed by atoms with Crippen LogP contribution in [0, 0.1) is 5.82 Å². The molecule has 0 aliphatic rings. The van der Waals surface area contributed by atoms with E-state index in [0.717, 1.165) is 6.07 Å². The second kappa shape index (κ2) is 7.77. The smallest absolute Gasteiger partial charge is 0.246 e. The summed E-state index contributed by atoms with van der Waals surface area (Å²) in [5.41, 5.74) is 2.28. The molecule has 2 aromatic rings. The van der Waals surface area contributed by atoms with Gasteiger partial charge in [-0.15, -0.1) is 11.3 Å². The number of nitrogens with zero attached hydrogens (tertiary/aromatic N) is 2. The highest BCUT2D eigenvalue weighted by Crippen LogP contribution is 2.21. The maximum Gasteiger partial charge on any atom is 0.246 e. The van der Waals surface area contributed by atoms with E-state index in [-0.39, 0.29) is 18.0 Å². The third-order valence-electron chi connectivity index (χ3n) is 3.03. The van der Waals surface area contributed by atoms with Crippen LogP contribution in [0.1, 0.15) is 12.1 Å². The van der Waals surface area contributed by atoms with Crippen LogP contribution < -0.4 is 0 Å². The summed E-state index contributed by atoms with van der Waals surface area (Å²) in [4.78, 5) is 3.78. The number of benzene rings is 1. The van der Waals surface area contributed by atoms with E-state index in [4.69, 9.17) is 4.74 Å². The van der Waals surface area contributed by atoms with Gasteiger partial charge >= 0.3 is 0 Å². The molecule has 5 nitrogen and oxygen atoms in total. The van der Waals surface area contributed by atoms with Crippen LogP contribution in [0.2, 0.25) is 0 Å². The van der Waals surface area contributed by atoms with Crippen LogP contribution in [-0.4, -0.2) is 38.0 Å². The lowest BCUT2D eigenvalue weighted by Gasteiger charge is -2.21. The minimum Gasteiger partial charge on any atom is -0.385 e. The molecule has 22 heavy (non-hydrogen) atoms. The van der Waals surface area contributed by atoms with Crippen molar-refractivity contribution in [3.05, 3.63) is 46.7 Å². The highest BCUT2D eigenvalue weighted by molar-refractivity contribution is 7.89. The third kappa shape index (κ3) is 4.10. The van der Waals surface area contributed by atoms with Crippen molar-refractivity contribution in [2.24, 2.45) is 0 Å². The number of ether oxygens (including phenoxy) is 1. The fraction of sp³-hybridized carbons (Fsp3) is 0.357. The minimum atomic E-state index is -3.92. The zero-order valence-corrected chi connectivity index (χ0v) is 13.7. The average molecular weight is 344 g/mol. The van der Waals surface area contributed by atoms with Gasteiger partial charge in [-0.25, -0.2) is 17.8 Å². The Morgan fingerprint density at radius 3 is 2.77 bits per heavy atom. The third-order valence-corrected chi connectivity index (χ3v) is 5.55. The van der Waals surface area contributed by atoms with Crippen molar-refractivity contribution >= 4 is 21.4 Å². The molecule has 0 radical (unpaired) electrons. The lowest BCUT2D eigenvalue weighted by atomic mass is 10.3. The van der Waals surface area contributed by atoms with Gasteiger partial charge in [0.25, 0.3) is 0 Å². The summed E-state index contributed by atoms with van der Waals surface area (Å²) < 4.78 is 45.5. The number of aromatic nitrogens is 1. The van der Waals surface area contributed by atoms with Crippen molar-refractivity contribution in [2.45, 2.75) is 17.9 Å². The van der Waals surface area contributed by atoms with Crippen LogP contribution in [0.5, 0.6) is 0 Å². The van der Waals surface area contributed by atoms with Crippen molar-refractivity contribution in [2.75, 3.05) is 20.3 Å². The minimum absolute atomic E-state index is 0.115. The Balaban J connectivity index is 2.28. The first-order chi connectivity index (χ1) is 10.6. The van der Waals surface area contributed by atoms with Crippen molar-refractivity contribution in [3.63, 3.8) is 0 Å². The Bertz CT molecular complexity index is 690. The van der Waals surface area contributed by atoms with Crippen LogP contribution >= 0.6 is 11.3 Å². The summed E-state index contributed by atoms with van der Waals surface area (Å²) in [6.45, 7) is 0.784. The molecule has 0 spiro atoms. The summed E-state index contributed by atoms with van der Waals surface area (Å²) in [5, 5.41) is 1.78. The number of hydrogen-bond donors (Lipinski definition) is 0. The molecule has 0 amide bonds. The van der Waals surface area contributed by atoms with Crippen molar-refractivity contribution < 1.29 is 17.5 Å². The van der Waals surface area contributed by atoms with Crippen LogP contribution in [-0.2, 0) is 21.3 Å². The van der Waals surface area contributed by atoms with E-state index < -0.39 is 15.8 Å². The fourth-order valence-electron chi connectivity index (χ4n) is 1.96. The van der Waals surface area contributed by atoms with Crippen LogP contribution in [0.3, 0.4) is 0 Å². The fourth-order valence-corrected chi connectivity index (χ4v) is 4.02. The Labute approximate surface area is 133 Å². The number of sulfonamides is 1. The second-order valence-electron chi connectivity index (χ2n) is 4.60. The molecule has 1 aromatic carbocycles. The molecule has 0 atom stereocenters. The van der Waals surface area contributed by atoms with E-state index in [1.807, 2.05) is 0 Å². The van der Waals surface area contributed by atoms with Gasteiger partial charge in [0.05, 0.1) is 17.7 Å². The van der Waals surface area contributed by atoms with Gasteiger partial charge in [0, 0.05) is 25.6 Å². The maximum atomic E-state index is 13.9. The molecule has 120 valence electrons. The number of methoxy groups -OCH3 is 1. The van der Waals surface area contributed by atoms with Gasteiger partial charge in [0.1, 0.15) is 10.7 Å². The van der Waals surface area contributed by atoms with Crippen molar-refractivity contribution in [3.8, 4) is 0 Å². The van der Waals surface area contributed by atoms with Gasteiger partial charge in [-0.3, -0.25) is 0 Å². The molecule has 0 N–H and O–H groups in total. The monoisotopic (exact) mass is 344 g/mol.